The molecule has 116 valence electrons. The van der Waals surface area contributed by atoms with Gasteiger partial charge in [-0.1, -0.05) is 24.9 Å². The summed E-state index contributed by atoms with van der Waals surface area (Å²) in [6.07, 6.45) is 5.50. The molecular weight excluding hydrogens is 286 g/mol. The van der Waals surface area contributed by atoms with Crippen molar-refractivity contribution in [3.8, 4) is 0 Å². The molecule has 2 rings (SSSR count). The van der Waals surface area contributed by atoms with Gasteiger partial charge in [0.25, 0.3) is 5.91 Å². The van der Waals surface area contributed by atoms with E-state index in [1.165, 1.54) is 6.42 Å². The molecule has 1 unspecified atom stereocenters. The van der Waals surface area contributed by atoms with Gasteiger partial charge in [0.15, 0.2) is 0 Å². The van der Waals surface area contributed by atoms with Crippen LogP contribution in [-0.2, 0) is 0 Å². The van der Waals surface area contributed by atoms with Gasteiger partial charge in [0.1, 0.15) is 11.5 Å². The maximum Gasteiger partial charge on any atom is 0.274 e. The summed E-state index contributed by atoms with van der Waals surface area (Å²) in [6, 6.07) is 3.89. The first kappa shape index (κ1) is 16.1. The third-order valence-electron chi connectivity index (χ3n) is 3.92. The van der Waals surface area contributed by atoms with Crippen LogP contribution in [0.2, 0.25) is 5.02 Å². The van der Waals surface area contributed by atoms with Crippen molar-refractivity contribution in [2.45, 2.75) is 52.0 Å². The highest BCUT2D eigenvalue weighted by Crippen LogP contribution is 2.25. The molecule has 2 heterocycles. The maximum atomic E-state index is 12.8. The first-order valence-electron chi connectivity index (χ1n) is 7.88. The van der Waals surface area contributed by atoms with Crippen LogP contribution in [0, 0.1) is 0 Å². The summed E-state index contributed by atoms with van der Waals surface area (Å²) in [5, 5.41) is 3.56. The van der Waals surface area contributed by atoms with Crippen LogP contribution >= 0.6 is 11.6 Å². The molecule has 21 heavy (non-hydrogen) atoms. The number of hydrogen-bond donors (Lipinski definition) is 1. The highest BCUT2D eigenvalue weighted by molar-refractivity contribution is 6.33. The number of likely N-dealkylation sites (tertiary alicyclic amines) is 1. The molecule has 5 heteroatoms. The molecule has 0 saturated carbocycles. The zero-order valence-corrected chi connectivity index (χ0v) is 13.6. The van der Waals surface area contributed by atoms with Gasteiger partial charge < -0.3 is 10.2 Å². The first-order valence-corrected chi connectivity index (χ1v) is 8.26. The molecule has 0 radical (unpaired) electrons. The molecule has 1 amide bonds. The number of hydrogen-bond acceptors (Lipinski definition) is 3. The molecule has 1 aliphatic heterocycles. The van der Waals surface area contributed by atoms with Crippen molar-refractivity contribution < 1.29 is 4.79 Å². The zero-order chi connectivity index (χ0) is 15.2. The van der Waals surface area contributed by atoms with E-state index >= 15 is 0 Å². The van der Waals surface area contributed by atoms with Gasteiger partial charge in [0.05, 0.1) is 5.02 Å². The predicted octanol–water partition coefficient (Wildman–Crippen LogP) is 3.96. The normalized spacial score (nSPS) is 18.6. The summed E-state index contributed by atoms with van der Waals surface area (Å²) >= 11 is 6.20. The Hall–Kier alpha value is -1.29. The summed E-state index contributed by atoms with van der Waals surface area (Å²) in [6.45, 7) is 5.74. The fraction of sp³-hybridized carbons (Fsp3) is 0.625. The Balaban J connectivity index is 2.22. The molecule has 1 aromatic rings. The molecule has 0 spiro atoms. The Kier molecular flexibility index (Phi) is 5.85. The lowest BCUT2D eigenvalue weighted by molar-refractivity contribution is 0.0595. The van der Waals surface area contributed by atoms with E-state index in [1.807, 2.05) is 17.9 Å². The topological polar surface area (TPSA) is 45.2 Å². The van der Waals surface area contributed by atoms with Crippen molar-refractivity contribution in [3.63, 3.8) is 0 Å². The monoisotopic (exact) mass is 309 g/mol. The molecule has 1 aliphatic rings. The Morgan fingerprint density at radius 1 is 1.43 bits per heavy atom. The minimum absolute atomic E-state index is 0.0297. The number of aromatic nitrogens is 1. The van der Waals surface area contributed by atoms with Gasteiger partial charge in [0, 0.05) is 19.1 Å². The van der Waals surface area contributed by atoms with Gasteiger partial charge in [0.2, 0.25) is 0 Å². The third kappa shape index (κ3) is 3.88. The van der Waals surface area contributed by atoms with Gasteiger partial charge in [-0.2, -0.15) is 0 Å². The second-order valence-electron chi connectivity index (χ2n) is 5.49. The summed E-state index contributed by atoms with van der Waals surface area (Å²) in [5.41, 5.74) is 0.373. The number of nitrogens with zero attached hydrogens (tertiary/aromatic N) is 2. The Labute approximate surface area is 131 Å². The smallest absolute Gasteiger partial charge is 0.274 e. The van der Waals surface area contributed by atoms with Crippen molar-refractivity contribution >= 4 is 23.3 Å². The fourth-order valence-electron chi connectivity index (χ4n) is 2.91. The molecular formula is C16H24ClN3O. The van der Waals surface area contributed by atoms with Crippen molar-refractivity contribution in [2.75, 3.05) is 18.4 Å². The quantitative estimate of drug-likeness (QED) is 0.895. The van der Waals surface area contributed by atoms with Gasteiger partial charge in [-0.05, 0) is 44.7 Å². The van der Waals surface area contributed by atoms with Crippen LogP contribution in [0.3, 0.4) is 0 Å². The Morgan fingerprint density at radius 3 is 2.95 bits per heavy atom. The van der Waals surface area contributed by atoms with E-state index in [0.29, 0.717) is 22.6 Å². The molecule has 1 atom stereocenters. The van der Waals surface area contributed by atoms with Crippen LogP contribution in [0.5, 0.6) is 0 Å². The number of halogens is 1. The lowest BCUT2D eigenvalue weighted by Crippen LogP contribution is -2.44. The van der Waals surface area contributed by atoms with Crippen LogP contribution in [0.25, 0.3) is 0 Å². The van der Waals surface area contributed by atoms with Gasteiger partial charge >= 0.3 is 0 Å². The zero-order valence-electron chi connectivity index (χ0n) is 12.9. The highest BCUT2D eigenvalue weighted by Gasteiger charge is 2.28. The average Bonchev–Trinajstić information content (AvgIpc) is 2.50. The number of carbonyl (C=O) groups excluding carboxylic acids is 1. The molecule has 1 saturated heterocycles. The minimum Gasteiger partial charge on any atom is -0.370 e. The summed E-state index contributed by atoms with van der Waals surface area (Å²) in [7, 11) is 0. The third-order valence-corrected chi connectivity index (χ3v) is 4.22. The average molecular weight is 310 g/mol. The fourth-order valence-corrected chi connectivity index (χ4v) is 3.10. The molecule has 0 aliphatic carbocycles. The molecule has 4 nitrogen and oxygen atoms in total. The Morgan fingerprint density at radius 2 is 2.24 bits per heavy atom. The van der Waals surface area contributed by atoms with E-state index in [9.17, 15) is 4.79 Å². The van der Waals surface area contributed by atoms with Crippen LogP contribution < -0.4 is 5.32 Å². The number of carbonyl (C=O) groups is 1. The lowest BCUT2D eigenvalue weighted by atomic mass is 9.98. The van der Waals surface area contributed by atoms with Crippen LogP contribution in [0.1, 0.15) is 56.4 Å². The number of nitrogens with one attached hydrogen (secondary N) is 1. The number of amides is 1. The SMILES string of the molecule is CCCC1CCCCN1C(=O)c1nc(NCC)ccc1Cl. The first-order chi connectivity index (χ1) is 10.2. The number of rotatable bonds is 5. The predicted molar refractivity (Wildman–Crippen MR) is 87.0 cm³/mol. The number of pyridine rings is 1. The van der Waals surface area contributed by atoms with E-state index in [4.69, 9.17) is 11.6 Å². The van der Waals surface area contributed by atoms with Crippen LogP contribution in [-0.4, -0.2) is 34.9 Å². The van der Waals surface area contributed by atoms with Crippen molar-refractivity contribution in [3.05, 3.63) is 22.8 Å². The van der Waals surface area contributed by atoms with Gasteiger partial charge in [-0.15, -0.1) is 0 Å². The second-order valence-corrected chi connectivity index (χ2v) is 5.90. The standard InChI is InChI=1S/C16H24ClN3O/c1-3-7-12-8-5-6-11-20(12)16(21)15-13(17)9-10-14(19-15)18-4-2/h9-10,12H,3-8,11H2,1-2H3,(H,18,19). The summed E-state index contributed by atoms with van der Waals surface area (Å²) in [4.78, 5) is 19.2. The highest BCUT2D eigenvalue weighted by atomic mass is 35.5. The minimum atomic E-state index is -0.0297. The summed E-state index contributed by atoms with van der Waals surface area (Å²) in [5.74, 6) is 0.673. The van der Waals surface area contributed by atoms with E-state index in [2.05, 4.69) is 17.2 Å². The van der Waals surface area contributed by atoms with Gasteiger partial charge in [-0.25, -0.2) is 4.98 Å². The van der Waals surface area contributed by atoms with E-state index in [-0.39, 0.29) is 5.91 Å². The summed E-state index contributed by atoms with van der Waals surface area (Å²) < 4.78 is 0. The van der Waals surface area contributed by atoms with E-state index in [1.54, 1.807) is 6.07 Å². The molecule has 0 bridgehead atoms. The molecule has 1 fully saturated rings. The lowest BCUT2D eigenvalue weighted by Gasteiger charge is -2.35. The maximum absolute atomic E-state index is 12.8. The van der Waals surface area contributed by atoms with Crippen molar-refractivity contribution in [1.29, 1.82) is 0 Å². The molecule has 0 aromatic carbocycles. The molecule has 1 N–H and O–H groups in total. The van der Waals surface area contributed by atoms with E-state index in [0.717, 1.165) is 38.8 Å². The second kappa shape index (κ2) is 7.64. The molecule has 1 aromatic heterocycles. The van der Waals surface area contributed by atoms with Crippen molar-refractivity contribution in [2.24, 2.45) is 0 Å². The van der Waals surface area contributed by atoms with Crippen LogP contribution in [0.15, 0.2) is 12.1 Å². The van der Waals surface area contributed by atoms with Gasteiger partial charge in [-0.3, -0.25) is 4.79 Å². The largest absolute Gasteiger partial charge is 0.370 e. The Bertz CT molecular complexity index is 490. The number of piperidine rings is 1. The van der Waals surface area contributed by atoms with Crippen molar-refractivity contribution in [1.82, 2.24) is 9.88 Å². The van der Waals surface area contributed by atoms with Crippen LogP contribution in [0.4, 0.5) is 5.82 Å². The van der Waals surface area contributed by atoms with E-state index < -0.39 is 0 Å². The number of anilines is 1.